The molecule has 1 heterocycles. The summed E-state index contributed by atoms with van der Waals surface area (Å²) in [6.45, 7) is 0. The molecule has 2 nitrogen and oxygen atoms in total. The monoisotopic (exact) mass is 208 g/mol. The van der Waals surface area contributed by atoms with E-state index >= 15 is 0 Å². The van der Waals surface area contributed by atoms with Gasteiger partial charge < -0.3 is 0 Å². The van der Waals surface area contributed by atoms with E-state index in [1.54, 1.807) is 12.1 Å². The zero-order valence-electron chi connectivity index (χ0n) is 7.11. The SMILES string of the molecule is Fc1cccc(-c2cnc(Cl)cn2)c1. The lowest BCUT2D eigenvalue weighted by molar-refractivity contribution is 0.628. The second-order valence-electron chi connectivity index (χ2n) is 2.73. The fraction of sp³-hybridized carbons (Fsp3) is 0. The van der Waals surface area contributed by atoms with Crippen molar-refractivity contribution in [1.82, 2.24) is 9.97 Å². The molecular formula is C10H6ClFN2. The summed E-state index contributed by atoms with van der Waals surface area (Å²) in [6.07, 6.45) is 2.94. The minimum atomic E-state index is -0.292. The predicted octanol–water partition coefficient (Wildman–Crippen LogP) is 2.94. The standard InChI is InChI=1S/C10H6ClFN2/c11-10-6-13-9(5-14-10)7-2-1-3-8(12)4-7/h1-6H. The second-order valence-corrected chi connectivity index (χ2v) is 3.12. The summed E-state index contributed by atoms with van der Waals surface area (Å²) in [4.78, 5) is 7.89. The van der Waals surface area contributed by atoms with E-state index in [2.05, 4.69) is 9.97 Å². The van der Waals surface area contributed by atoms with Crippen molar-refractivity contribution in [3.05, 3.63) is 47.6 Å². The highest BCUT2D eigenvalue weighted by atomic mass is 35.5. The molecule has 0 atom stereocenters. The Hall–Kier alpha value is -1.48. The van der Waals surface area contributed by atoms with Crippen LogP contribution in [-0.2, 0) is 0 Å². The summed E-state index contributed by atoms with van der Waals surface area (Å²) < 4.78 is 12.9. The summed E-state index contributed by atoms with van der Waals surface area (Å²) in [6, 6.07) is 6.17. The normalized spacial score (nSPS) is 10.1. The van der Waals surface area contributed by atoms with E-state index in [0.29, 0.717) is 16.4 Å². The summed E-state index contributed by atoms with van der Waals surface area (Å²) in [7, 11) is 0. The molecular weight excluding hydrogens is 203 g/mol. The van der Waals surface area contributed by atoms with Crippen LogP contribution in [0.3, 0.4) is 0 Å². The van der Waals surface area contributed by atoms with Crippen LogP contribution in [0.15, 0.2) is 36.7 Å². The van der Waals surface area contributed by atoms with Crippen LogP contribution in [0.5, 0.6) is 0 Å². The summed E-state index contributed by atoms with van der Waals surface area (Å²) in [5.74, 6) is -0.292. The molecule has 0 saturated carbocycles. The highest BCUT2D eigenvalue weighted by Gasteiger charge is 2.00. The summed E-state index contributed by atoms with van der Waals surface area (Å²) >= 11 is 5.58. The fourth-order valence-corrected chi connectivity index (χ4v) is 1.21. The Morgan fingerprint density at radius 3 is 2.64 bits per heavy atom. The Balaban J connectivity index is 2.44. The van der Waals surface area contributed by atoms with Crippen LogP contribution >= 0.6 is 11.6 Å². The first-order chi connectivity index (χ1) is 6.75. The molecule has 0 saturated heterocycles. The van der Waals surface area contributed by atoms with Gasteiger partial charge in [-0.05, 0) is 12.1 Å². The van der Waals surface area contributed by atoms with Gasteiger partial charge in [0.05, 0.1) is 18.1 Å². The number of benzene rings is 1. The first-order valence-electron chi connectivity index (χ1n) is 3.99. The number of nitrogens with zero attached hydrogens (tertiary/aromatic N) is 2. The van der Waals surface area contributed by atoms with E-state index < -0.39 is 0 Å². The maximum absolute atomic E-state index is 12.9. The van der Waals surface area contributed by atoms with Crippen molar-refractivity contribution in [2.24, 2.45) is 0 Å². The molecule has 0 aliphatic heterocycles. The Morgan fingerprint density at radius 1 is 1.14 bits per heavy atom. The van der Waals surface area contributed by atoms with Crippen LogP contribution in [0.2, 0.25) is 5.15 Å². The smallest absolute Gasteiger partial charge is 0.147 e. The molecule has 14 heavy (non-hydrogen) atoms. The van der Waals surface area contributed by atoms with Crippen molar-refractivity contribution in [3.63, 3.8) is 0 Å². The Kier molecular flexibility index (Phi) is 2.41. The Labute approximate surface area is 85.4 Å². The lowest BCUT2D eigenvalue weighted by atomic mass is 10.1. The first-order valence-corrected chi connectivity index (χ1v) is 4.37. The Morgan fingerprint density at radius 2 is 2.00 bits per heavy atom. The molecule has 70 valence electrons. The van der Waals surface area contributed by atoms with Gasteiger partial charge in [-0.15, -0.1) is 0 Å². The number of hydrogen-bond acceptors (Lipinski definition) is 2. The molecule has 0 amide bonds. The Bertz CT molecular complexity index is 442. The number of rotatable bonds is 1. The molecule has 2 aromatic rings. The van der Waals surface area contributed by atoms with Crippen LogP contribution in [-0.4, -0.2) is 9.97 Å². The fourth-order valence-electron chi connectivity index (χ4n) is 1.11. The van der Waals surface area contributed by atoms with E-state index in [0.717, 1.165) is 0 Å². The van der Waals surface area contributed by atoms with E-state index in [1.165, 1.54) is 24.5 Å². The van der Waals surface area contributed by atoms with Crippen molar-refractivity contribution in [2.45, 2.75) is 0 Å². The van der Waals surface area contributed by atoms with Crippen LogP contribution in [0.25, 0.3) is 11.3 Å². The average molecular weight is 209 g/mol. The predicted molar refractivity (Wildman–Crippen MR) is 52.4 cm³/mol. The molecule has 0 radical (unpaired) electrons. The first kappa shape index (κ1) is 9.09. The topological polar surface area (TPSA) is 25.8 Å². The van der Waals surface area contributed by atoms with Crippen molar-refractivity contribution >= 4 is 11.6 Å². The maximum atomic E-state index is 12.9. The van der Waals surface area contributed by atoms with Gasteiger partial charge in [-0.3, -0.25) is 4.98 Å². The minimum absolute atomic E-state index is 0.292. The van der Waals surface area contributed by atoms with Gasteiger partial charge in [0.25, 0.3) is 0 Å². The van der Waals surface area contributed by atoms with Gasteiger partial charge in [0.2, 0.25) is 0 Å². The van der Waals surface area contributed by atoms with Gasteiger partial charge in [0.1, 0.15) is 11.0 Å². The van der Waals surface area contributed by atoms with E-state index in [-0.39, 0.29) is 5.82 Å². The van der Waals surface area contributed by atoms with E-state index in [9.17, 15) is 4.39 Å². The molecule has 0 aliphatic rings. The molecule has 4 heteroatoms. The van der Waals surface area contributed by atoms with Crippen LogP contribution in [0, 0.1) is 5.82 Å². The highest BCUT2D eigenvalue weighted by Crippen LogP contribution is 2.17. The number of hydrogen-bond donors (Lipinski definition) is 0. The molecule has 0 N–H and O–H groups in total. The largest absolute Gasteiger partial charge is 0.251 e. The molecule has 0 bridgehead atoms. The zero-order chi connectivity index (χ0) is 9.97. The lowest BCUT2D eigenvalue weighted by Crippen LogP contribution is -1.86. The maximum Gasteiger partial charge on any atom is 0.147 e. The average Bonchev–Trinajstić information content (AvgIpc) is 2.19. The van der Waals surface area contributed by atoms with Crippen molar-refractivity contribution < 1.29 is 4.39 Å². The van der Waals surface area contributed by atoms with Gasteiger partial charge in [-0.25, -0.2) is 9.37 Å². The number of halogens is 2. The quantitative estimate of drug-likeness (QED) is 0.720. The van der Waals surface area contributed by atoms with Crippen LogP contribution in [0.1, 0.15) is 0 Å². The van der Waals surface area contributed by atoms with Gasteiger partial charge in [0, 0.05) is 5.56 Å². The van der Waals surface area contributed by atoms with Gasteiger partial charge in [-0.2, -0.15) is 0 Å². The molecule has 1 aromatic carbocycles. The third-order valence-corrected chi connectivity index (χ3v) is 1.94. The molecule has 0 spiro atoms. The van der Waals surface area contributed by atoms with Crippen LogP contribution in [0.4, 0.5) is 4.39 Å². The van der Waals surface area contributed by atoms with E-state index in [4.69, 9.17) is 11.6 Å². The summed E-state index contributed by atoms with van der Waals surface area (Å²) in [5, 5.41) is 0.324. The summed E-state index contributed by atoms with van der Waals surface area (Å²) in [5.41, 5.74) is 1.29. The van der Waals surface area contributed by atoms with E-state index in [1.807, 2.05) is 0 Å². The molecule has 2 rings (SSSR count). The van der Waals surface area contributed by atoms with Gasteiger partial charge >= 0.3 is 0 Å². The molecule has 1 aromatic heterocycles. The highest BCUT2D eigenvalue weighted by molar-refractivity contribution is 6.29. The molecule has 0 unspecified atom stereocenters. The van der Waals surface area contributed by atoms with Crippen molar-refractivity contribution in [1.29, 1.82) is 0 Å². The number of aromatic nitrogens is 2. The third kappa shape index (κ3) is 1.88. The van der Waals surface area contributed by atoms with Crippen molar-refractivity contribution in [3.8, 4) is 11.3 Å². The third-order valence-electron chi connectivity index (χ3n) is 1.74. The minimum Gasteiger partial charge on any atom is -0.251 e. The second kappa shape index (κ2) is 3.72. The molecule has 0 fully saturated rings. The molecule has 0 aliphatic carbocycles. The van der Waals surface area contributed by atoms with Gasteiger partial charge in [0.15, 0.2) is 0 Å². The zero-order valence-corrected chi connectivity index (χ0v) is 7.87. The van der Waals surface area contributed by atoms with Gasteiger partial charge in [-0.1, -0.05) is 23.7 Å². The van der Waals surface area contributed by atoms with Crippen LogP contribution < -0.4 is 0 Å². The van der Waals surface area contributed by atoms with Crippen molar-refractivity contribution in [2.75, 3.05) is 0 Å². The lowest BCUT2D eigenvalue weighted by Gasteiger charge is -1.99.